The first-order chi connectivity index (χ1) is 9.20. The van der Waals surface area contributed by atoms with Gasteiger partial charge in [0.25, 0.3) is 0 Å². The SMILES string of the molecule is CCCCCC1COC(c2ccc(I)c(F)c2)OC1. The number of unbranched alkanes of at least 4 members (excludes halogenated alkanes) is 2. The topological polar surface area (TPSA) is 18.5 Å². The van der Waals surface area contributed by atoms with Crippen LogP contribution in [0.2, 0.25) is 0 Å². The Labute approximate surface area is 127 Å². The first kappa shape index (κ1) is 15.2. The highest BCUT2D eigenvalue weighted by Gasteiger charge is 2.23. The maximum Gasteiger partial charge on any atom is 0.183 e. The largest absolute Gasteiger partial charge is 0.348 e. The van der Waals surface area contributed by atoms with Crippen LogP contribution < -0.4 is 0 Å². The Morgan fingerprint density at radius 1 is 1.26 bits per heavy atom. The highest BCUT2D eigenvalue weighted by atomic mass is 127. The van der Waals surface area contributed by atoms with Gasteiger partial charge in [-0.3, -0.25) is 0 Å². The van der Waals surface area contributed by atoms with Crippen LogP contribution in [0.4, 0.5) is 4.39 Å². The van der Waals surface area contributed by atoms with E-state index in [2.05, 4.69) is 6.92 Å². The summed E-state index contributed by atoms with van der Waals surface area (Å²) in [5, 5.41) is 0. The van der Waals surface area contributed by atoms with E-state index in [1.54, 1.807) is 6.07 Å². The van der Waals surface area contributed by atoms with Gasteiger partial charge in [-0.05, 0) is 41.1 Å². The molecule has 0 N–H and O–H groups in total. The minimum absolute atomic E-state index is 0.213. The second-order valence-electron chi connectivity index (χ2n) is 5.03. The van der Waals surface area contributed by atoms with E-state index in [9.17, 15) is 4.39 Å². The number of hydrogen-bond donors (Lipinski definition) is 0. The average Bonchev–Trinajstić information content (AvgIpc) is 2.43. The van der Waals surface area contributed by atoms with Crippen molar-refractivity contribution in [2.24, 2.45) is 5.92 Å². The molecule has 0 bridgehead atoms. The van der Waals surface area contributed by atoms with Gasteiger partial charge in [0.1, 0.15) is 5.82 Å². The molecule has 2 rings (SSSR count). The van der Waals surface area contributed by atoms with E-state index in [0.717, 1.165) is 12.0 Å². The van der Waals surface area contributed by atoms with Crippen LogP contribution in [0.3, 0.4) is 0 Å². The summed E-state index contributed by atoms with van der Waals surface area (Å²) >= 11 is 1.98. The van der Waals surface area contributed by atoms with E-state index in [-0.39, 0.29) is 5.82 Å². The lowest BCUT2D eigenvalue weighted by molar-refractivity contribution is -0.206. The van der Waals surface area contributed by atoms with Crippen LogP contribution >= 0.6 is 22.6 Å². The van der Waals surface area contributed by atoms with Gasteiger partial charge in [-0.1, -0.05) is 32.3 Å². The molecule has 0 amide bonds. The molecule has 1 aliphatic heterocycles. The molecule has 106 valence electrons. The van der Waals surface area contributed by atoms with Crippen LogP contribution in [0.5, 0.6) is 0 Å². The molecule has 0 unspecified atom stereocenters. The van der Waals surface area contributed by atoms with Gasteiger partial charge < -0.3 is 9.47 Å². The summed E-state index contributed by atoms with van der Waals surface area (Å²) in [6.45, 7) is 3.62. The quantitative estimate of drug-likeness (QED) is 0.548. The molecular weight excluding hydrogens is 358 g/mol. The van der Waals surface area contributed by atoms with Crippen LogP contribution in [0, 0.1) is 15.3 Å². The number of ether oxygens (including phenoxy) is 2. The third-order valence-corrected chi connectivity index (χ3v) is 4.27. The molecular formula is C15H20FIO2. The van der Waals surface area contributed by atoms with Crippen molar-refractivity contribution in [3.63, 3.8) is 0 Å². The summed E-state index contributed by atoms with van der Waals surface area (Å²) in [5.41, 5.74) is 0.768. The smallest absolute Gasteiger partial charge is 0.183 e. The standard InChI is InChI=1S/C15H20FIO2/c1-2-3-4-5-11-9-18-15(19-10-11)12-6-7-14(17)13(16)8-12/h6-8,11,15H,2-5,9-10H2,1H3. The van der Waals surface area contributed by atoms with Crippen molar-refractivity contribution in [3.05, 3.63) is 33.1 Å². The maximum absolute atomic E-state index is 13.5. The summed E-state index contributed by atoms with van der Waals surface area (Å²) < 4.78 is 25.5. The average molecular weight is 378 g/mol. The van der Waals surface area contributed by atoms with Crippen LogP contribution in [-0.2, 0) is 9.47 Å². The Balaban J connectivity index is 1.84. The van der Waals surface area contributed by atoms with Crippen molar-refractivity contribution in [1.82, 2.24) is 0 Å². The molecule has 1 aliphatic rings. The molecule has 1 aromatic carbocycles. The number of benzene rings is 1. The fourth-order valence-electron chi connectivity index (χ4n) is 2.24. The van der Waals surface area contributed by atoms with E-state index in [1.807, 2.05) is 28.7 Å². The first-order valence-corrected chi connectivity index (χ1v) is 7.96. The molecule has 0 atom stereocenters. The van der Waals surface area contributed by atoms with Gasteiger partial charge >= 0.3 is 0 Å². The van der Waals surface area contributed by atoms with E-state index in [0.29, 0.717) is 22.7 Å². The monoisotopic (exact) mass is 378 g/mol. The van der Waals surface area contributed by atoms with Crippen molar-refractivity contribution >= 4 is 22.6 Å². The van der Waals surface area contributed by atoms with Gasteiger partial charge in [-0.2, -0.15) is 0 Å². The Hall–Kier alpha value is -0.200. The third-order valence-electron chi connectivity index (χ3n) is 3.40. The lowest BCUT2D eigenvalue weighted by Crippen LogP contribution is -2.27. The van der Waals surface area contributed by atoms with Crippen LogP contribution in [0.15, 0.2) is 18.2 Å². The molecule has 4 heteroatoms. The molecule has 2 nitrogen and oxygen atoms in total. The Bertz CT molecular complexity index is 403. The van der Waals surface area contributed by atoms with E-state index in [1.165, 1.54) is 25.3 Å². The first-order valence-electron chi connectivity index (χ1n) is 6.89. The van der Waals surface area contributed by atoms with Gasteiger partial charge in [-0.25, -0.2) is 4.39 Å². The van der Waals surface area contributed by atoms with E-state index >= 15 is 0 Å². The van der Waals surface area contributed by atoms with Gasteiger partial charge in [0.15, 0.2) is 6.29 Å². The van der Waals surface area contributed by atoms with Crippen molar-refractivity contribution in [3.8, 4) is 0 Å². The minimum Gasteiger partial charge on any atom is -0.348 e. The maximum atomic E-state index is 13.5. The van der Waals surface area contributed by atoms with Crippen molar-refractivity contribution in [1.29, 1.82) is 0 Å². The van der Waals surface area contributed by atoms with E-state index < -0.39 is 6.29 Å². The van der Waals surface area contributed by atoms with Crippen molar-refractivity contribution < 1.29 is 13.9 Å². The highest BCUT2D eigenvalue weighted by Crippen LogP contribution is 2.28. The van der Waals surface area contributed by atoms with Crippen molar-refractivity contribution in [2.75, 3.05) is 13.2 Å². The molecule has 0 aromatic heterocycles. The molecule has 1 aromatic rings. The van der Waals surface area contributed by atoms with Crippen LogP contribution in [-0.4, -0.2) is 13.2 Å². The predicted molar refractivity (Wildman–Crippen MR) is 81.4 cm³/mol. The third kappa shape index (κ3) is 4.39. The normalized spacial score (nSPS) is 23.5. The number of hydrogen-bond acceptors (Lipinski definition) is 2. The number of halogens is 2. The molecule has 19 heavy (non-hydrogen) atoms. The highest BCUT2D eigenvalue weighted by molar-refractivity contribution is 14.1. The van der Waals surface area contributed by atoms with Gasteiger partial charge in [0.2, 0.25) is 0 Å². The zero-order valence-electron chi connectivity index (χ0n) is 11.2. The van der Waals surface area contributed by atoms with Crippen LogP contribution in [0.25, 0.3) is 0 Å². The zero-order chi connectivity index (χ0) is 13.7. The Morgan fingerprint density at radius 2 is 2.00 bits per heavy atom. The summed E-state index contributed by atoms with van der Waals surface area (Å²) in [6, 6.07) is 5.13. The second-order valence-corrected chi connectivity index (χ2v) is 6.20. The molecule has 0 radical (unpaired) electrons. The lowest BCUT2D eigenvalue weighted by atomic mass is 10.0. The van der Waals surface area contributed by atoms with Gasteiger partial charge in [-0.15, -0.1) is 0 Å². The molecule has 0 saturated carbocycles. The molecule has 1 heterocycles. The fraction of sp³-hybridized carbons (Fsp3) is 0.600. The fourth-order valence-corrected chi connectivity index (χ4v) is 2.58. The van der Waals surface area contributed by atoms with Gasteiger partial charge in [0, 0.05) is 15.1 Å². The molecule has 1 fully saturated rings. The predicted octanol–water partition coefficient (Wildman–Crippen LogP) is 4.67. The summed E-state index contributed by atoms with van der Waals surface area (Å²) in [6.07, 6.45) is 4.48. The lowest BCUT2D eigenvalue weighted by Gasteiger charge is -2.29. The Morgan fingerprint density at radius 3 is 2.63 bits per heavy atom. The molecule has 0 aliphatic carbocycles. The van der Waals surface area contributed by atoms with Crippen molar-refractivity contribution in [2.45, 2.75) is 38.9 Å². The zero-order valence-corrected chi connectivity index (χ0v) is 13.4. The molecule has 1 saturated heterocycles. The second kappa shape index (κ2) is 7.55. The molecule has 0 spiro atoms. The summed E-state index contributed by atoms with van der Waals surface area (Å²) in [7, 11) is 0. The number of rotatable bonds is 5. The summed E-state index contributed by atoms with van der Waals surface area (Å²) in [5.74, 6) is 0.270. The minimum atomic E-state index is -0.408. The Kier molecular flexibility index (Phi) is 6.04. The van der Waals surface area contributed by atoms with E-state index in [4.69, 9.17) is 9.47 Å². The summed E-state index contributed by atoms with van der Waals surface area (Å²) in [4.78, 5) is 0. The van der Waals surface area contributed by atoms with Crippen LogP contribution in [0.1, 0.15) is 44.5 Å². The van der Waals surface area contributed by atoms with Gasteiger partial charge in [0.05, 0.1) is 13.2 Å².